The molecule has 0 radical (unpaired) electrons. The Morgan fingerprint density at radius 2 is 2.18 bits per heavy atom. The second-order valence-electron chi connectivity index (χ2n) is 5.55. The minimum absolute atomic E-state index is 0.0237. The lowest BCUT2D eigenvalue weighted by atomic mass is 10.1. The van der Waals surface area contributed by atoms with Crippen molar-refractivity contribution in [2.75, 3.05) is 6.61 Å². The Hall–Kier alpha value is -2.21. The van der Waals surface area contributed by atoms with Gasteiger partial charge in [0.05, 0.1) is 25.5 Å². The summed E-state index contributed by atoms with van der Waals surface area (Å²) in [7, 11) is 0. The van der Waals surface area contributed by atoms with Crippen molar-refractivity contribution < 1.29 is 9.53 Å². The van der Waals surface area contributed by atoms with Gasteiger partial charge in [0.15, 0.2) is 0 Å². The van der Waals surface area contributed by atoms with Gasteiger partial charge < -0.3 is 10.1 Å². The molecule has 0 aliphatic carbocycles. The van der Waals surface area contributed by atoms with E-state index in [1.807, 2.05) is 24.4 Å². The first-order valence-electron chi connectivity index (χ1n) is 7.59. The second-order valence-corrected chi connectivity index (χ2v) is 5.55. The summed E-state index contributed by atoms with van der Waals surface area (Å²) in [6.45, 7) is 1.58. The number of hydrogen-bond acceptors (Lipinski definition) is 4. The van der Waals surface area contributed by atoms with Crippen molar-refractivity contribution in [2.24, 2.45) is 0 Å². The Morgan fingerprint density at radius 3 is 3.05 bits per heavy atom. The van der Waals surface area contributed by atoms with Gasteiger partial charge in [-0.15, -0.1) is 5.10 Å². The monoisotopic (exact) mass is 300 g/mol. The van der Waals surface area contributed by atoms with Crippen LogP contribution < -0.4 is 5.32 Å². The van der Waals surface area contributed by atoms with Gasteiger partial charge in [0, 0.05) is 13.0 Å². The van der Waals surface area contributed by atoms with Gasteiger partial charge in [-0.2, -0.15) is 0 Å². The number of carbonyl (C=O) groups excluding carboxylic acids is 1. The van der Waals surface area contributed by atoms with Gasteiger partial charge in [-0.25, -0.2) is 0 Å². The van der Waals surface area contributed by atoms with Crippen LogP contribution in [0.15, 0.2) is 36.5 Å². The van der Waals surface area contributed by atoms with Gasteiger partial charge in [0.1, 0.15) is 5.69 Å². The number of rotatable bonds is 2. The fourth-order valence-corrected chi connectivity index (χ4v) is 2.57. The highest BCUT2D eigenvalue weighted by Crippen LogP contribution is 2.07. The van der Waals surface area contributed by atoms with Gasteiger partial charge >= 0.3 is 0 Å². The summed E-state index contributed by atoms with van der Waals surface area (Å²) in [5, 5.41) is 11.2. The maximum absolute atomic E-state index is 12.1. The summed E-state index contributed by atoms with van der Waals surface area (Å²) < 4.78 is 7.47. The van der Waals surface area contributed by atoms with E-state index in [-0.39, 0.29) is 11.9 Å². The number of benzene rings is 1. The van der Waals surface area contributed by atoms with Crippen LogP contribution in [0.2, 0.25) is 0 Å². The molecule has 0 spiro atoms. The van der Waals surface area contributed by atoms with Crippen molar-refractivity contribution in [3.63, 3.8) is 0 Å². The molecule has 0 fully saturated rings. The SMILES string of the molecule is O=C1CCCn2cc(nn2)COC[C@H](Cc2ccccc2)N1. The van der Waals surface area contributed by atoms with Crippen LogP contribution in [0.3, 0.4) is 0 Å². The fourth-order valence-electron chi connectivity index (χ4n) is 2.57. The average molecular weight is 300 g/mol. The molecule has 2 bridgehead atoms. The van der Waals surface area contributed by atoms with Crippen LogP contribution in [-0.2, 0) is 29.1 Å². The van der Waals surface area contributed by atoms with E-state index in [9.17, 15) is 4.79 Å². The predicted molar refractivity (Wildman–Crippen MR) is 81.0 cm³/mol. The van der Waals surface area contributed by atoms with Gasteiger partial charge in [-0.3, -0.25) is 9.48 Å². The summed E-state index contributed by atoms with van der Waals surface area (Å²) in [6, 6.07) is 10.1. The van der Waals surface area contributed by atoms with Crippen LogP contribution in [0.4, 0.5) is 0 Å². The largest absolute Gasteiger partial charge is 0.373 e. The van der Waals surface area contributed by atoms with Crippen LogP contribution in [0.25, 0.3) is 0 Å². The topological polar surface area (TPSA) is 69.0 Å². The van der Waals surface area contributed by atoms with Crippen molar-refractivity contribution in [3.8, 4) is 0 Å². The number of nitrogens with zero attached hydrogens (tertiary/aromatic N) is 3. The number of amides is 1. The first-order chi connectivity index (χ1) is 10.8. The molecule has 0 saturated carbocycles. The molecule has 6 nitrogen and oxygen atoms in total. The van der Waals surface area contributed by atoms with Crippen molar-refractivity contribution in [2.45, 2.75) is 38.5 Å². The minimum Gasteiger partial charge on any atom is -0.373 e. The molecule has 2 heterocycles. The van der Waals surface area contributed by atoms with Gasteiger partial charge in [0.2, 0.25) is 5.91 Å². The molecule has 116 valence electrons. The zero-order chi connectivity index (χ0) is 15.2. The van der Waals surface area contributed by atoms with E-state index >= 15 is 0 Å². The molecule has 22 heavy (non-hydrogen) atoms. The number of aromatic nitrogens is 3. The number of fused-ring (bicyclic) bond motifs is 2. The third-order valence-electron chi connectivity index (χ3n) is 3.64. The molecule has 1 aliphatic heterocycles. The smallest absolute Gasteiger partial charge is 0.220 e. The van der Waals surface area contributed by atoms with E-state index in [4.69, 9.17) is 4.74 Å². The van der Waals surface area contributed by atoms with E-state index in [0.717, 1.165) is 18.5 Å². The van der Waals surface area contributed by atoms with Crippen molar-refractivity contribution in [1.29, 1.82) is 0 Å². The Bertz CT molecular complexity index is 612. The molecule has 0 saturated heterocycles. The lowest BCUT2D eigenvalue weighted by molar-refractivity contribution is -0.122. The minimum atomic E-state index is -0.0237. The van der Waals surface area contributed by atoms with Crippen LogP contribution in [0, 0.1) is 0 Å². The van der Waals surface area contributed by atoms with Crippen LogP contribution in [0.5, 0.6) is 0 Å². The maximum Gasteiger partial charge on any atom is 0.220 e. The molecule has 1 N–H and O–H groups in total. The van der Waals surface area contributed by atoms with E-state index in [1.54, 1.807) is 4.68 Å². The molecule has 1 amide bonds. The lowest BCUT2D eigenvalue weighted by Gasteiger charge is -2.19. The molecule has 1 aliphatic rings. The van der Waals surface area contributed by atoms with Crippen LogP contribution >= 0.6 is 0 Å². The number of nitrogens with one attached hydrogen (secondary N) is 1. The summed E-state index contributed by atoms with van der Waals surface area (Å²) in [5.41, 5.74) is 2.01. The number of ether oxygens (including phenoxy) is 1. The Kier molecular flexibility index (Phi) is 4.80. The Labute approximate surface area is 129 Å². The highest BCUT2D eigenvalue weighted by molar-refractivity contribution is 5.76. The van der Waals surface area contributed by atoms with E-state index in [0.29, 0.717) is 26.2 Å². The summed E-state index contributed by atoms with van der Waals surface area (Å²) in [4.78, 5) is 12.1. The van der Waals surface area contributed by atoms with Crippen molar-refractivity contribution >= 4 is 5.91 Å². The van der Waals surface area contributed by atoms with E-state index < -0.39 is 0 Å². The number of hydrogen-bond donors (Lipinski definition) is 1. The fraction of sp³-hybridized carbons (Fsp3) is 0.438. The van der Waals surface area contributed by atoms with Gasteiger partial charge in [-0.1, -0.05) is 35.5 Å². The molecular weight excluding hydrogens is 280 g/mol. The Morgan fingerprint density at radius 1 is 1.32 bits per heavy atom. The van der Waals surface area contributed by atoms with Gasteiger partial charge in [0.25, 0.3) is 0 Å². The van der Waals surface area contributed by atoms with Crippen molar-refractivity contribution in [3.05, 3.63) is 47.8 Å². The summed E-state index contributed by atoms with van der Waals surface area (Å²) in [6.07, 6.45) is 3.89. The highest BCUT2D eigenvalue weighted by atomic mass is 16.5. The molecule has 1 aromatic heterocycles. The molecule has 1 aromatic carbocycles. The summed E-state index contributed by atoms with van der Waals surface area (Å²) in [5.74, 6) is 0.0606. The quantitative estimate of drug-likeness (QED) is 0.908. The van der Waals surface area contributed by atoms with Crippen LogP contribution in [0.1, 0.15) is 24.1 Å². The Balaban J connectivity index is 1.66. The zero-order valence-corrected chi connectivity index (χ0v) is 12.4. The molecule has 6 heteroatoms. The zero-order valence-electron chi connectivity index (χ0n) is 12.4. The highest BCUT2D eigenvalue weighted by Gasteiger charge is 2.15. The molecule has 0 unspecified atom stereocenters. The lowest BCUT2D eigenvalue weighted by Crippen LogP contribution is -2.39. The first-order valence-corrected chi connectivity index (χ1v) is 7.59. The molecular formula is C16H20N4O2. The number of aryl methyl sites for hydroxylation is 1. The van der Waals surface area contributed by atoms with E-state index in [1.165, 1.54) is 5.56 Å². The average Bonchev–Trinajstić information content (AvgIpc) is 2.95. The summed E-state index contributed by atoms with van der Waals surface area (Å²) >= 11 is 0. The maximum atomic E-state index is 12.1. The van der Waals surface area contributed by atoms with E-state index in [2.05, 4.69) is 27.8 Å². The van der Waals surface area contributed by atoms with Crippen molar-refractivity contribution in [1.82, 2.24) is 20.3 Å². The molecule has 3 rings (SSSR count). The van der Waals surface area contributed by atoms with Crippen LogP contribution in [-0.4, -0.2) is 33.5 Å². The predicted octanol–water partition coefficient (Wildman–Crippen LogP) is 1.32. The normalized spacial score (nSPS) is 19.8. The molecule has 2 aromatic rings. The standard InChI is InChI=1S/C16H20N4O2/c21-16-7-4-8-20-10-15(18-19-20)12-22-11-14(17-16)9-13-5-2-1-3-6-13/h1-3,5-6,10,14H,4,7-9,11-12H2,(H,17,21)/t14-/m0/s1. The van der Waals surface area contributed by atoms with Gasteiger partial charge in [-0.05, 0) is 18.4 Å². The molecule has 1 atom stereocenters. The number of carbonyl (C=O) groups is 1. The third-order valence-corrected chi connectivity index (χ3v) is 3.64. The first kappa shape index (κ1) is 14.7. The third kappa shape index (κ3) is 4.14. The second kappa shape index (κ2) is 7.17.